The van der Waals surface area contributed by atoms with E-state index in [2.05, 4.69) is 24.8 Å². The van der Waals surface area contributed by atoms with Crippen LogP contribution in [-0.4, -0.2) is 48.4 Å². The molecular weight excluding hydrogens is 330 g/mol. The van der Waals surface area contributed by atoms with Crippen molar-refractivity contribution < 1.29 is 33.8 Å². The van der Waals surface area contributed by atoms with E-state index in [4.69, 9.17) is 0 Å². The van der Waals surface area contributed by atoms with E-state index >= 15 is 0 Å². The molecular formula is C6H5N7O10. The summed E-state index contributed by atoms with van der Waals surface area (Å²) in [5.41, 5.74) is -0.0771. The molecule has 0 radical (unpaired) electrons. The highest BCUT2D eigenvalue weighted by Gasteiger charge is 2.72. The van der Waals surface area contributed by atoms with Crippen LogP contribution in [0.3, 0.4) is 0 Å². The Labute approximate surface area is 123 Å². The maximum atomic E-state index is 11.3. The van der Waals surface area contributed by atoms with E-state index in [1.54, 1.807) is 0 Å². The van der Waals surface area contributed by atoms with Gasteiger partial charge in [-0.2, -0.15) is 0 Å². The summed E-state index contributed by atoms with van der Waals surface area (Å²) in [6, 6.07) is 0. The van der Waals surface area contributed by atoms with Gasteiger partial charge in [-0.1, -0.05) is 0 Å². The van der Waals surface area contributed by atoms with Crippen LogP contribution in [0.15, 0.2) is 9.74 Å². The normalized spacial score (nSPS) is 11.8. The number of nitro groups is 3. The van der Waals surface area contributed by atoms with Crippen molar-refractivity contribution in [1.29, 1.82) is 0 Å². The minimum Gasteiger partial charge on any atom is -0.690 e. The Morgan fingerprint density at radius 2 is 1.70 bits per heavy atom. The van der Waals surface area contributed by atoms with Crippen molar-refractivity contribution >= 4 is 11.9 Å². The minimum absolute atomic E-state index is 0.0771. The standard InChI is InChI=1S/C6H5N7O10/c1-3-4(9-23-8-3)10(15)7-5(14)22-2-6(11(16)17,12(18)19)13(20)21/h2H2,1H3/b10-7-. The van der Waals surface area contributed by atoms with Gasteiger partial charge in [0.1, 0.15) is 0 Å². The van der Waals surface area contributed by atoms with E-state index < -0.39 is 43.9 Å². The zero-order chi connectivity index (χ0) is 17.8. The van der Waals surface area contributed by atoms with Crippen molar-refractivity contribution in [3.63, 3.8) is 0 Å². The van der Waals surface area contributed by atoms with Crippen molar-refractivity contribution in [2.75, 3.05) is 6.61 Å². The summed E-state index contributed by atoms with van der Waals surface area (Å²) >= 11 is 0. The smallest absolute Gasteiger partial charge is 0.690 e. The molecule has 1 amide bonds. The van der Waals surface area contributed by atoms with Crippen molar-refractivity contribution in [2.45, 2.75) is 12.7 Å². The zero-order valence-corrected chi connectivity index (χ0v) is 10.9. The van der Waals surface area contributed by atoms with Crippen LogP contribution in [0, 0.1) is 42.5 Å². The fraction of sp³-hybridized carbons (Fsp3) is 0.500. The van der Waals surface area contributed by atoms with E-state index in [0.29, 0.717) is 0 Å². The van der Waals surface area contributed by atoms with E-state index in [-0.39, 0.29) is 5.69 Å². The zero-order valence-electron chi connectivity index (χ0n) is 10.9. The molecule has 0 aliphatic rings. The monoisotopic (exact) mass is 335 g/mol. The van der Waals surface area contributed by atoms with Gasteiger partial charge in [0.2, 0.25) is 0 Å². The molecule has 1 aromatic heterocycles. The van der Waals surface area contributed by atoms with Gasteiger partial charge < -0.3 is 9.94 Å². The summed E-state index contributed by atoms with van der Waals surface area (Å²) in [6.45, 7) is -0.638. The van der Waals surface area contributed by atoms with Crippen LogP contribution >= 0.6 is 0 Å². The second-order valence-electron chi connectivity index (χ2n) is 3.65. The molecule has 1 aromatic rings. The highest BCUT2D eigenvalue weighted by atomic mass is 16.7. The SMILES string of the molecule is Cc1nonc1/[N+]([O-])=N/C(=O)OCC([N+](=O)[O-])([N+](=O)[O-])[N+](=O)[O-]. The highest BCUT2D eigenvalue weighted by molar-refractivity contribution is 5.66. The van der Waals surface area contributed by atoms with Crippen molar-refractivity contribution in [2.24, 2.45) is 5.11 Å². The second-order valence-corrected chi connectivity index (χ2v) is 3.65. The van der Waals surface area contributed by atoms with Crippen molar-refractivity contribution in [3.8, 4) is 0 Å². The number of carbonyl (C=O) groups excluding carboxylic acids is 1. The molecule has 0 aromatic carbocycles. The third-order valence-electron chi connectivity index (χ3n) is 2.25. The molecule has 1 rings (SSSR count). The fourth-order valence-electron chi connectivity index (χ4n) is 1.07. The number of rotatable bonds is 6. The van der Waals surface area contributed by atoms with Crippen LogP contribution in [0.1, 0.15) is 5.69 Å². The molecule has 0 saturated heterocycles. The van der Waals surface area contributed by atoms with E-state index in [9.17, 15) is 40.3 Å². The summed E-state index contributed by atoms with van der Waals surface area (Å²) in [5.74, 6) is -4.59. The maximum absolute atomic E-state index is 11.3. The van der Waals surface area contributed by atoms with E-state index in [0.717, 1.165) is 0 Å². The average molecular weight is 335 g/mol. The molecule has 0 bridgehead atoms. The number of hydrogen-bond donors (Lipinski definition) is 0. The molecule has 0 aliphatic carbocycles. The first kappa shape index (κ1) is 17.3. The first-order chi connectivity index (χ1) is 10.6. The summed E-state index contributed by atoms with van der Waals surface area (Å²) in [6.07, 6.45) is -1.86. The lowest BCUT2D eigenvalue weighted by Gasteiger charge is -2.08. The lowest BCUT2D eigenvalue weighted by molar-refractivity contribution is -0.970. The number of hydrogen-bond acceptors (Lipinski definition) is 12. The number of carbonyl (C=O) groups is 1. The van der Waals surface area contributed by atoms with Gasteiger partial charge in [0.05, 0.1) is 0 Å². The molecule has 0 unspecified atom stereocenters. The lowest BCUT2D eigenvalue weighted by Crippen LogP contribution is -2.57. The fourth-order valence-corrected chi connectivity index (χ4v) is 1.07. The molecule has 1 heterocycles. The molecule has 0 aliphatic heterocycles. The number of ether oxygens (including phenoxy) is 1. The predicted octanol–water partition coefficient (Wildman–Crippen LogP) is -0.407. The van der Waals surface area contributed by atoms with E-state index in [1.165, 1.54) is 6.92 Å². The molecule has 0 fully saturated rings. The van der Waals surface area contributed by atoms with Gasteiger partial charge in [-0.15, -0.1) is 9.49 Å². The highest BCUT2D eigenvalue weighted by Crippen LogP contribution is 2.15. The molecule has 0 saturated carbocycles. The Bertz CT molecular complexity index is 658. The van der Waals surface area contributed by atoms with Gasteiger partial charge in [-0.05, 0) is 12.1 Å². The number of aromatic nitrogens is 2. The van der Waals surface area contributed by atoms with Crippen LogP contribution in [-0.2, 0) is 4.74 Å². The first-order valence-corrected chi connectivity index (χ1v) is 5.21. The van der Waals surface area contributed by atoms with Gasteiger partial charge in [0, 0.05) is 5.11 Å². The van der Waals surface area contributed by atoms with Crippen molar-refractivity contribution in [1.82, 2.24) is 10.3 Å². The number of aryl methyl sites for hydroxylation is 1. The van der Waals surface area contributed by atoms with Gasteiger partial charge in [-0.25, -0.2) is 4.79 Å². The molecule has 17 nitrogen and oxygen atoms in total. The first-order valence-electron chi connectivity index (χ1n) is 5.21. The number of amides is 1. The summed E-state index contributed by atoms with van der Waals surface area (Å²) in [4.78, 5) is 36.9. The largest absolute Gasteiger partial charge is 0.734 e. The maximum Gasteiger partial charge on any atom is 0.734 e. The van der Waals surface area contributed by atoms with Gasteiger partial charge in [0.15, 0.2) is 25.6 Å². The van der Waals surface area contributed by atoms with Crippen LogP contribution in [0.4, 0.5) is 10.6 Å². The van der Waals surface area contributed by atoms with Gasteiger partial charge in [-0.3, -0.25) is 30.3 Å². The van der Waals surface area contributed by atoms with Gasteiger partial charge >= 0.3 is 24.3 Å². The molecule has 0 spiro atoms. The molecule has 17 heteroatoms. The topological polar surface area (TPSA) is 233 Å². The lowest BCUT2D eigenvalue weighted by atomic mass is 10.4. The van der Waals surface area contributed by atoms with Crippen LogP contribution in [0.2, 0.25) is 0 Å². The average Bonchev–Trinajstić information content (AvgIpc) is 2.84. The Morgan fingerprint density at radius 1 is 1.17 bits per heavy atom. The van der Waals surface area contributed by atoms with Crippen molar-refractivity contribution in [3.05, 3.63) is 41.2 Å². The summed E-state index contributed by atoms with van der Waals surface area (Å²) < 4.78 is 8.08. The third kappa shape index (κ3) is 3.28. The van der Waals surface area contributed by atoms with E-state index in [1.807, 2.05) is 0 Å². The Balaban J connectivity index is 2.93. The Morgan fingerprint density at radius 3 is 2.09 bits per heavy atom. The third-order valence-corrected chi connectivity index (χ3v) is 2.25. The van der Waals surface area contributed by atoms with Crippen LogP contribution < -0.4 is 0 Å². The molecule has 124 valence electrons. The number of nitrogens with zero attached hydrogens (tertiary/aromatic N) is 7. The Kier molecular flexibility index (Phi) is 4.74. The Hall–Kier alpha value is -3.79. The van der Waals surface area contributed by atoms with Crippen LogP contribution in [0.5, 0.6) is 0 Å². The molecule has 0 N–H and O–H groups in total. The summed E-state index contributed by atoms with van der Waals surface area (Å²) in [5, 5.41) is 52.0. The predicted molar refractivity (Wildman–Crippen MR) is 59.8 cm³/mol. The molecule has 23 heavy (non-hydrogen) atoms. The van der Waals surface area contributed by atoms with Crippen LogP contribution in [0.25, 0.3) is 0 Å². The second kappa shape index (κ2) is 6.32. The number of azo groups is 1. The minimum atomic E-state index is -4.02. The van der Waals surface area contributed by atoms with Gasteiger partial charge in [0.25, 0.3) is 0 Å². The summed E-state index contributed by atoms with van der Waals surface area (Å²) in [7, 11) is 0. The quantitative estimate of drug-likeness (QED) is 0.212. The molecule has 0 atom stereocenters.